The molecule has 2 aromatic carbocycles. The quantitative estimate of drug-likeness (QED) is 0.860. The molecule has 2 N–H and O–H groups in total. The van der Waals surface area contributed by atoms with Gasteiger partial charge in [-0.15, -0.1) is 0 Å². The highest BCUT2D eigenvalue weighted by molar-refractivity contribution is 6.34. The van der Waals surface area contributed by atoms with Crippen molar-refractivity contribution < 1.29 is 13.9 Å². The molecule has 1 aliphatic heterocycles. The van der Waals surface area contributed by atoms with Crippen molar-refractivity contribution in [2.24, 2.45) is 5.92 Å². The Hall–Kier alpha value is -2.11. The lowest BCUT2D eigenvalue weighted by Gasteiger charge is -2.30. The molecular weight excluding hydrogens is 343 g/mol. The highest BCUT2D eigenvalue weighted by Crippen LogP contribution is 2.24. The number of nitrogens with one attached hydrogen (secondary N) is 2. The Labute approximate surface area is 151 Å². The van der Waals surface area contributed by atoms with Crippen molar-refractivity contribution >= 4 is 23.2 Å². The van der Waals surface area contributed by atoms with Crippen molar-refractivity contribution in [1.29, 1.82) is 0 Å². The molecule has 0 bridgehead atoms. The highest BCUT2D eigenvalue weighted by Gasteiger charge is 2.22. The third-order valence-corrected chi connectivity index (χ3v) is 4.57. The number of anilines is 1. The lowest BCUT2D eigenvalue weighted by atomic mass is 9.98. The maximum absolute atomic E-state index is 13.1. The molecule has 0 unspecified atom stereocenters. The van der Waals surface area contributed by atoms with E-state index in [2.05, 4.69) is 17.6 Å². The van der Waals surface area contributed by atoms with E-state index in [1.54, 1.807) is 12.1 Å². The van der Waals surface area contributed by atoms with Crippen LogP contribution in [0.5, 0.6) is 5.75 Å². The molecule has 0 aliphatic carbocycles. The molecule has 1 heterocycles. The van der Waals surface area contributed by atoms with E-state index in [0.717, 1.165) is 25.6 Å². The first-order valence-corrected chi connectivity index (χ1v) is 8.64. The van der Waals surface area contributed by atoms with Crippen LogP contribution in [0.2, 0.25) is 5.02 Å². The molecule has 25 heavy (non-hydrogen) atoms. The second-order valence-corrected chi connectivity index (χ2v) is 6.64. The molecule has 1 fully saturated rings. The molecule has 0 saturated carbocycles. The van der Waals surface area contributed by atoms with E-state index in [4.69, 9.17) is 16.3 Å². The summed E-state index contributed by atoms with van der Waals surface area (Å²) in [4.78, 5) is 12.3. The summed E-state index contributed by atoms with van der Waals surface area (Å²) in [6.45, 7) is 4.03. The summed E-state index contributed by atoms with van der Waals surface area (Å²) in [5.74, 6) is 0.261. The third-order valence-electron chi connectivity index (χ3n) is 4.26. The Bertz CT molecular complexity index is 769. The first kappa shape index (κ1) is 17.7. The number of rotatable bonds is 4. The van der Waals surface area contributed by atoms with Crippen LogP contribution in [-0.4, -0.2) is 25.1 Å². The van der Waals surface area contributed by atoms with Gasteiger partial charge < -0.3 is 15.4 Å². The molecule has 1 amide bonds. The van der Waals surface area contributed by atoms with E-state index in [1.165, 1.54) is 12.1 Å². The monoisotopic (exact) mass is 362 g/mol. The minimum Gasteiger partial charge on any atom is -0.490 e. The second kappa shape index (κ2) is 7.85. The first-order valence-electron chi connectivity index (χ1n) is 8.27. The molecule has 3 rings (SSSR count). The number of halogens is 2. The van der Waals surface area contributed by atoms with Crippen LogP contribution in [-0.2, 0) is 0 Å². The Kier molecular flexibility index (Phi) is 5.56. The average molecular weight is 363 g/mol. The number of amides is 1. The van der Waals surface area contributed by atoms with Gasteiger partial charge in [0.2, 0.25) is 0 Å². The molecular formula is C19H20ClFN2O2. The Morgan fingerprint density at radius 2 is 2.16 bits per heavy atom. The fourth-order valence-corrected chi connectivity index (χ4v) is 3.11. The Morgan fingerprint density at radius 1 is 1.32 bits per heavy atom. The number of ether oxygens (including phenoxy) is 1. The maximum atomic E-state index is 13.1. The molecule has 2 aromatic rings. The zero-order valence-electron chi connectivity index (χ0n) is 13.9. The Balaban J connectivity index is 1.69. The van der Waals surface area contributed by atoms with Crippen molar-refractivity contribution in [1.82, 2.24) is 5.32 Å². The molecule has 132 valence electrons. The van der Waals surface area contributed by atoms with Gasteiger partial charge in [0.15, 0.2) is 0 Å². The van der Waals surface area contributed by atoms with E-state index in [-0.39, 0.29) is 16.7 Å². The van der Waals surface area contributed by atoms with Crippen molar-refractivity contribution in [3.63, 3.8) is 0 Å². The lowest BCUT2D eigenvalue weighted by Crippen LogP contribution is -2.41. The zero-order valence-corrected chi connectivity index (χ0v) is 14.6. The summed E-state index contributed by atoms with van der Waals surface area (Å²) >= 11 is 5.94. The summed E-state index contributed by atoms with van der Waals surface area (Å²) in [7, 11) is 0. The minimum absolute atomic E-state index is 0.0773. The van der Waals surface area contributed by atoms with Gasteiger partial charge in [0, 0.05) is 24.2 Å². The molecule has 2 atom stereocenters. The van der Waals surface area contributed by atoms with Crippen LogP contribution in [0.3, 0.4) is 0 Å². The van der Waals surface area contributed by atoms with Gasteiger partial charge in [-0.25, -0.2) is 4.39 Å². The van der Waals surface area contributed by atoms with Crippen molar-refractivity contribution in [2.75, 3.05) is 18.4 Å². The molecule has 0 radical (unpaired) electrons. The van der Waals surface area contributed by atoms with Crippen molar-refractivity contribution in [3.05, 3.63) is 58.9 Å². The van der Waals surface area contributed by atoms with Crippen LogP contribution < -0.4 is 15.4 Å². The normalized spacial score (nSPS) is 20.1. The molecule has 0 aromatic heterocycles. The number of carbonyl (C=O) groups excluding carboxylic acids is 1. The largest absolute Gasteiger partial charge is 0.490 e. The first-order chi connectivity index (χ1) is 12.0. The van der Waals surface area contributed by atoms with Crippen molar-refractivity contribution in [3.8, 4) is 5.75 Å². The van der Waals surface area contributed by atoms with Gasteiger partial charge in [-0.05, 0) is 43.3 Å². The number of hydrogen-bond donors (Lipinski definition) is 2. The smallest absolute Gasteiger partial charge is 0.257 e. The standard InChI is InChI=1S/C19H20ClFN2O2/c1-12-11-22-8-7-18(12)25-15-4-2-3-14(10-15)23-19(24)16-6-5-13(21)9-17(16)20/h2-6,9-10,12,18,22H,7-8,11H2,1H3,(H,23,24)/t12-,18-/m1/s1. The highest BCUT2D eigenvalue weighted by atomic mass is 35.5. The van der Waals surface area contributed by atoms with Gasteiger partial charge in [0.05, 0.1) is 10.6 Å². The molecule has 4 nitrogen and oxygen atoms in total. The van der Waals surface area contributed by atoms with Gasteiger partial charge in [-0.1, -0.05) is 24.6 Å². The van der Waals surface area contributed by atoms with E-state index < -0.39 is 11.7 Å². The minimum atomic E-state index is -0.479. The van der Waals surface area contributed by atoms with E-state index in [9.17, 15) is 9.18 Å². The third kappa shape index (κ3) is 4.50. The summed E-state index contributed by atoms with van der Waals surface area (Å²) < 4.78 is 19.2. The summed E-state index contributed by atoms with van der Waals surface area (Å²) in [5.41, 5.74) is 0.825. The van der Waals surface area contributed by atoms with Gasteiger partial charge in [-0.3, -0.25) is 4.79 Å². The van der Waals surface area contributed by atoms with E-state index in [0.29, 0.717) is 17.4 Å². The lowest BCUT2D eigenvalue weighted by molar-refractivity contribution is 0.102. The predicted molar refractivity (Wildman–Crippen MR) is 96.9 cm³/mol. The van der Waals surface area contributed by atoms with Crippen LogP contribution in [0.25, 0.3) is 0 Å². The summed E-state index contributed by atoms with van der Waals surface area (Å²) in [6.07, 6.45) is 1.10. The van der Waals surface area contributed by atoms with Gasteiger partial charge in [0.25, 0.3) is 5.91 Å². The number of carbonyl (C=O) groups is 1. The van der Waals surface area contributed by atoms with Crippen LogP contribution in [0.15, 0.2) is 42.5 Å². The maximum Gasteiger partial charge on any atom is 0.257 e. The number of piperidine rings is 1. The van der Waals surface area contributed by atoms with Gasteiger partial charge in [0.1, 0.15) is 17.7 Å². The molecule has 0 spiro atoms. The predicted octanol–water partition coefficient (Wildman–Crippen LogP) is 4.11. The molecule has 1 aliphatic rings. The van der Waals surface area contributed by atoms with Crippen LogP contribution in [0.4, 0.5) is 10.1 Å². The fourth-order valence-electron chi connectivity index (χ4n) is 2.86. The molecule has 6 heteroatoms. The van der Waals surface area contributed by atoms with Crippen LogP contribution in [0, 0.1) is 11.7 Å². The molecule has 1 saturated heterocycles. The average Bonchev–Trinajstić information content (AvgIpc) is 2.57. The topological polar surface area (TPSA) is 50.4 Å². The van der Waals surface area contributed by atoms with Gasteiger partial charge in [-0.2, -0.15) is 0 Å². The SMILES string of the molecule is C[C@@H]1CNCC[C@H]1Oc1cccc(NC(=O)c2ccc(F)cc2Cl)c1. The Morgan fingerprint density at radius 3 is 2.92 bits per heavy atom. The van der Waals surface area contributed by atoms with E-state index >= 15 is 0 Å². The van der Waals surface area contributed by atoms with Gasteiger partial charge >= 0.3 is 0 Å². The number of hydrogen-bond acceptors (Lipinski definition) is 3. The fraction of sp³-hybridized carbons (Fsp3) is 0.316. The zero-order chi connectivity index (χ0) is 17.8. The summed E-state index contributed by atoms with van der Waals surface area (Å²) in [6, 6.07) is 10.9. The van der Waals surface area contributed by atoms with E-state index in [1.807, 2.05) is 12.1 Å². The van der Waals surface area contributed by atoms with Crippen LogP contribution >= 0.6 is 11.6 Å². The number of benzene rings is 2. The van der Waals surface area contributed by atoms with Crippen LogP contribution in [0.1, 0.15) is 23.7 Å². The summed E-state index contributed by atoms with van der Waals surface area (Å²) in [5, 5.41) is 6.19. The second-order valence-electron chi connectivity index (χ2n) is 6.23. The van der Waals surface area contributed by atoms with Crippen molar-refractivity contribution in [2.45, 2.75) is 19.4 Å².